The van der Waals surface area contributed by atoms with E-state index in [1.807, 2.05) is 4.90 Å². The Balaban J connectivity index is 1.76. The molecule has 0 aromatic heterocycles. The number of carbonyl (C=O) groups excluding carboxylic acids is 1. The van der Waals surface area contributed by atoms with Crippen LogP contribution in [0.5, 0.6) is 0 Å². The summed E-state index contributed by atoms with van der Waals surface area (Å²) in [6.45, 7) is 4.05. The zero-order valence-electron chi connectivity index (χ0n) is 15.0. The number of rotatable bonds is 3. The molecular weight excluding hydrogens is 336 g/mol. The lowest BCUT2D eigenvalue weighted by atomic mass is 10.0. The maximum absolute atomic E-state index is 12.8. The Kier molecular flexibility index (Phi) is 5.79. The number of benzene rings is 1. The molecule has 1 amide bonds. The minimum Gasteiger partial charge on any atom is -0.336 e. The van der Waals surface area contributed by atoms with Gasteiger partial charge in [0.2, 0.25) is 10.0 Å². The summed E-state index contributed by atoms with van der Waals surface area (Å²) in [7, 11) is -3.46. The Hall–Kier alpha value is -1.40. The summed E-state index contributed by atoms with van der Waals surface area (Å²) in [5, 5.41) is 0. The Labute approximate surface area is 151 Å². The first-order valence-electron chi connectivity index (χ1n) is 9.41. The molecule has 2 aliphatic rings. The second-order valence-electron chi connectivity index (χ2n) is 7.19. The van der Waals surface area contributed by atoms with Gasteiger partial charge in [-0.05, 0) is 63.3 Å². The molecule has 6 heteroatoms. The third-order valence-electron chi connectivity index (χ3n) is 5.37. The number of carbonyl (C=O) groups is 1. The molecule has 2 aliphatic heterocycles. The lowest BCUT2D eigenvalue weighted by Gasteiger charge is -2.33. The van der Waals surface area contributed by atoms with Gasteiger partial charge in [-0.15, -0.1) is 0 Å². The molecule has 3 rings (SSSR count). The van der Waals surface area contributed by atoms with Gasteiger partial charge in [0, 0.05) is 31.2 Å². The second kappa shape index (κ2) is 7.87. The van der Waals surface area contributed by atoms with Crippen molar-refractivity contribution in [3.8, 4) is 0 Å². The largest absolute Gasteiger partial charge is 0.336 e. The van der Waals surface area contributed by atoms with E-state index in [0.717, 1.165) is 51.5 Å². The van der Waals surface area contributed by atoms with Gasteiger partial charge in [-0.3, -0.25) is 4.79 Å². The van der Waals surface area contributed by atoms with E-state index in [0.29, 0.717) is 18.7 Å². The summed E-state index contributed by atoms with van der Waals surface area (Å²) < 4.78 is 27.2. The Morgan fingerprint density at radius 2 is 1.52 bits per heavy atom. The number of sulfonamides is 1. The van der Waals surface area contributed by atoms with E-state index in [2.05, 4.69) is 6.92 Å². The standard InChI is InChI=1S/C19H28N2O3S/c1-16-8-4-7-15-21(16)19(22)17-9-11-18(12-10-17)25(23,24)20-13-5-2-3-6-14-20/h9-12,16H,2-8,13-15H2,1H3. The minimum absolute atomic E-state index is 0.00548. The van der Waals surface area contributed by atoms with Crippen LogP contribution < -0.4 is 0 Å². The van der Waals surface area contributed by atoms with Gasteiger partial charge in [-0.25, -0.2) is 8.42 Å². The molecule has 0 radical (unpaired) electrons. The van der Waals surface area contributed by atoms with Crippen LogP contribution in [-0.4, -0.2) is 49.2 Å². The predicted octanol–water partition coefficient (Wildman–Crippen LogP) is 3.27. The molecule has 2 saturated heterocycles. The van der Waals surface area contributed by atoms with Gasteiger partial charge in [0.1, 0.15) is 0 Å². The molecule has 2 fully saturated rings. The van der Waals surface area contributed by atoms with Gasteiger partial charge in [-0.1, -0.05) is 12.8 Å². The van der Waals surface area contributed by atoms with Crippen molar-refractivity contribution >= 4 is 15.9 Å². The van der Waals surface area contributed by atoms with Gasteiger partial charge in [0.05, 0.1) is 4.90 Å². The number of hydrogen-bond acceptors (Lipinski definition) is 3. The van der Waals surface area contributed by atoms with Gasteiger partial charge >= 0.3 is 0 Å². The first-order chi connectivity index (χ1) is 12.0. The third kappa shape index (κ3) is 4.06. The molecule has 0 saturated carbocycles. The number of hydrogen-bond donors (Lipinski definition) is 0. The van der Waals surface area contributed by atoms with Gasteiger partial charge in [0.25, 0.3) is 5.91 Å². The summed E-state index contributed by atoms with van der Waals surface area (Å²) in [4.78, 5) is 14.9. The van der Waals surface area contributed by atoms with Crippen molar-refractivity contribution in [1.82, 2.24) is 9.21 Å². The van der Waals surface area contributed by atoms with Crippen LogP contribution in [0.4, 0.5) is 0 Å². The summed E-state index contributed by atoms with van der Waals surface area (Å²) >= 11 is 0. The molecule has 5 nitrogen and oxygen atoms in total. The van der Waals surface area contributed by atoms with Crippen LogP contribution in [0.3, 0.4) is 0 Å². The highest BCUT2D eigenvalue weighted by Gasteiger charge is 2.27. The second-order valence-corrected chi connectivity index (χ2v) is 9.12. The van der Waals surface area contributed by atoms with E-state index in [9.17, 15) is 13.2 Å². The SMILES string of the molecule is CC1CCCCN1C(=O)c1ccc(S(=O)(=O)N2CCCCCC2)cc1. The van der Waals surface area contributed by atoms with E-state index in [4.69, 9.17) is 0 Å². The van der Waals surface area contributed by atoms with Crippen molar-refractivity contribution in [2.45, 2.75) is 62.8 Å². The number of amides is 1. The molecule has 25 heavy (non-hydrogen) atoms. The van der Waals surface area contributed by atoms with Crippen molar-refractivity contribution in [1.29, 1.82) is 0 Å². The summed E-state index contributed by atoms with van der Waals surface area (Å²) in [5.74, 6) is 0.00548. The Morgan fingerprint density at radius 1 is 0.920 bits per heavy atom. The molecule has 0 bridgehead atoms. The molecule has 0 N–H and O–H groups in total. The smallest absolute Gasteiger partial charge is 0.254 e. The van der Waals surface area contributed by atoms with E-state index >= 15 is 0 Å². The maximum atomic E-state index is 12.8. The van der Waals surface area contributed by atoms with Gasteiger partial charge in [-0.2, -0.15) is 4.31 Å². The zero-order chi connectivity index (χ0) is 17.9. The normalized spacial score (nSPS) is 23.2. The fourth-order valence-corrected chi connectivity index (χ4v) is 5.28. The molecular formula is C19H28N2O3S. The first kappa shape index (κ1) is 18.4. The molecule has 1 aromatic carbocycles. The molecule has 138 valence electrons. The summed E-state index contributed by atoms with van der Waals surface area (Å²) in [6, 6.07) is 6.74. The van der Waals surface area contributed by atoms with E-state index < -0.39 is 10.0 Å². The van der Waals surface area contributed by atoms with Crippen LogP contribution in [0.1, 0.15) is 62.2 Å². The lowest BCUT2D eigenvalue weighted by Crippen LogP contribution is -2.42. The van der Waals surface area contributed by atoms with Crippen LogP contribution >= 0.6 is 0 Å². The van der Waals surface area contributed by atoms with Crippen LogP contribution in [0.25, 0.3) is 0 Å². The minimum atomic E-state index is -3.46. The maximum Gasteiger partial charge on any atom is 0.254 e. The van der Waals surface area contributed by atoms with Gasteiger partial charge < -0.3 is 4.90 Å². The van der Waals surface area contributed by atoms with Crippen molar-refractivity contribution < 1.29 is 13.2 Å². The van der Waals surface area contributed by atoms with E-state index in [-0.39, 0.29) is 16.8 Å². The van der Waals surface area contributed by atoms with Crippen LogP contribution in [-0.2, 0) is 10.0 Å². The Bertz CT molecular complexity index is 692. The van der Waals surface area contributed by atoms with Gasteiger partial charge in [0.15, 0.2) is 0 Å². The molecule has 1 aromatic rings. The monoisotopic (exact) mass is 364 g/mol. The average Bonchev–Trinajstić information content (AvgIpc) is 2.92. The first-order valence-corrected chi connectivity index (χ1v) is 10.9. The number of likely N-dealkylation sites (tertiary alicyclic amines) is 1. The van der Waals surface area contributed by atoms with Crippen LogP contribution in [0.15, 0.2) is 29.2 Å². The quantitative estimate of drug-likeness (QED) is 0.827. The van der Waals surface area contributed by atoms with Crippen LogP contribution in [0, 0.1) is 0 Å². The highest BCUT2D eigenvalue weighted by Crippen LogP contribution is 2.23. The van der Waals surface area contributed by atoms with E-state index in [1.165, 1.54) is 0 Å². The average molecular weight is 365 g/mol. The van der Waals surface area contributed by atoms with Crippen molar-refractivity contribution in [2.75, 3.05) is 19.6 Å². The molecule has 1 atom stereocenters. The summed E-state index contributed by atoms with van der Waals surface area (Å²) in [5.41, 5.74) is 0.573. The zero-order valence-corrected chi connectivity index (χ0v) is 15.8. The van der Waals surface area contributed by atoms with Crippen molar-refractivity contribution in [3.05, 3.63) is 29.8 Å². The predicted molar refractivity (Wildman–Crippen MR) is 98.0 cm³/mol. The molecule has 0 aliphatic carbocycles. The molecule has 2 heterocycles. The fraction of sp³-hybridized carbons (Fsp3) is 0.632. The number of piperidine rings is 1. The molecule has 0 spiro atoms. The lowest BCUT2D eigenvalue weighted by molar-refractivity contribution is 0.0635. The van der Waals surface area contributed by atoms with Crippen molar-refractivity contribution in [3.63, 3.8) is 0 Å². The fourth-order valence-electron chi connectivity index (χ4n) is 3.77. The van der Waals surface area contributed by atoms with Crippen molar-refractivity contribution in [2.24, 2.45) is 0 Å². The number of nitrogens with zero attached hydrogens (tertiary/aromatic N) is 2. The Morgan fingerprint density at radius 3 is 2.12 bits per heavy atom. The highest BCUT2D eigenvalue weighted by atomic mass is 32.2. The van der Waals surface area contributed by atoms with E-state index in [1.54, 1.807) is 28.6 Å². The van der Waals surface area contributed by atoms with Crippen LogP contribution in [0.2, 0.25) is 0 Å². The topological polar surface area (TPSA) is 57.7 Å². The third-order valence-corrected chi connectivity index (χ3v) is 7.28. The summed E-state index contributed by atoms with van der Waals surface area (Å²) in [6.07, 6.45) is 7.26. The molecule has 1 unspecified atom stereocenters. The highest BCUT2D eigenvalue weighted by molar-refractivity contribution is 7.89.